The molecule has 110 valence electrons. The molecule has 0 N–H and O–H groups in total. The summed E-state index contributed by atoms with van der Waals surface area (Å²) in [6, 6.07) is 0. The van der Waals surface area contributed by atoms with Crippen LogP contribution >= 0.6 is 56.5 Å². The number of alkyl halides is 5. The van der Waals surface area contributed by atoms with Crippen molar-refractivity contribution >= 4 is 68.1 Å². The van der Waals surface area contributed by atoms with Gasteiger partial charge in [-0.2, -0.15) is 17.6 Å². The number of ketones is 2. The largest absolute Gasteiger partial charge is 0.360 e. The Morgan fingerprint density at radius 3 is 1.95 bits per heavy atom. The van der Waals surface area contributed by atoms with Gasteiger partial charge in [-0.3, -0.25) is 9.59 Å². The fourth-order valence-electron chi connectivity index (χ4n) is 1.60. The maximum absolute atomic E-state index is 13.4. The first-order chi connectivity index (χ1) is 8.98. The molecule has 10 heteroatoms. The van der Waals surface area contributed by atoms with E-state index in [9.17, 15) is 31.5 Å². The molecule has 1 aliphatic carbocycles. The average Bonchev–Trinajstić information content (AvgIpc) is 2.62. The van der Waals surface area contributed by atoms with Crippen LogP contribution in [-0.4, -0.2) is 29.1 Å². The third kappa shape index (κ3) is 1.96. The molecule has 1 heterocycles. The lowest BCUT2D eigenvalue weighted by Crippen LogP contribution is -2.29. The van der Waals surface area contributed by atoms with Gasteiger partial charge in [-0.25, -0.2) is 4.39 Å². The fourth-order valence-corrected chi connectivity index (χ4v) is 4.24. The first-order valence-corrected chi connectivity index (χ1v) is 7.95. The van der Waals surface area contributed by atoms with E-state index in [0.717, 1.165) is 11.3 Å². The Bertz CT molecular complexity index is 599. The van der Waals surface area contributed by atoms with E-state index in [0.29, 0.717) is 7.14 Å². The maximum atomic E-state index is 13.4. The molecule has 0 saturated heterocycles. The van der Waals surface area contributed by atoms with Crippen LogP contribution in [-0.2, 0) is 4.79 Å². The summed E-state index contributed by atoms with van der Waals surface area (Å²) in [5.41, 5.74) is -4.56. The Morgan fingerprint density at radius 1 is 1.10 bits per heavy atom. The van der Waals surface area contributed by atoms with E-state index in [1.807, 2.05) is 22.6 Å². The summed E-state index contributed by atoms with van der Waals surface area (Å²) < 4.78 is 65.4. The monoisotopic (exact) mass is 536 g/mol. The average molecular weight is 536 g/mol. The number of Topliss-reactive ketones (excluding diaryl/α,β-unsaturated/α-hetero) is 2. The molecule has 0 spiro atoms. The topological polar surface area (TPSA) is 34.1 Å². The molecule has 1 aromatic rings. The number of halogens is 7. The molecule has 2 rings (SSSR count). The van der Waals surface area contributed by atoms with Crippen molar-refractivity contribution in [1.29, 1.82) is 0 Å². The van der Waals surface area contributed by atoms with Gasteiger partial charge in [0.15, 0.2) is 11.6 Å². The molecular formula is C10H3F5I2O2S. The Balaban J connectivity index is 2.19. The predicted octanol–water partition coefficient (Wildman–Crippen LogP) is 4.09. The zero-order valence-corrected chi connectivity index (χ0v) is 14.3. The summed E-state index contributed by atoms with van der Waals surface area (Å²) in [5.74, 6) is -13.1. The highest BCUT2D eigenvalue weighted by Crippen LogP contribution is 2.68. The number of carbonyl (C=O) groups is 2. The van der Waals surface area contributed by atoms with Crippen molar-refractivity contribution < 1.29 is 31.5 Å². The quantitative estimate of drug-likeness (QED) is 0.252. The molecule has 1 aromatic heterocycles. The maximum Gasteiger partial charge on any atom is 0.360 e. The van der Waals surface area contributed by atoms with Gasteiger partial charge in [0, 0.05) is 12.5 Å². The lowest BCUT2D eigenvalue weighted by atomic mass is 10.1. The van der Waals surface area contributed by atoms with Crippen molar-refractivity contribution in [2.24, 2.45) is 0 Å². The van der Waals surface area contributed by atoms with Crippen LogP contribution < -0.4 is 0 Å². The normalized spacial score (nSPS) is 21.6. The second-order valence-corrected chi connectivity index (χ2v) is 7.18. The van der Waals surface area contributed by atoms with Crippen molar-refractivity contribution in [1.82, 2.24) is 0 Å². The molecule has 2 nitrogen and oxygen atoms in total. The van der Waals surface area contributed by atoms with Crippen molar-refractivity contribution in [2.75, 3.05) is 0 Å². The van der Waals surface area contributed by atoms with E-state index in [1.54, 1.807) is 28.0 Å². The van der Waals surface area contributed by atoms with E-state index in [2.05, 4.69) is 0 Å². The van der Waals surface area contributed by atoms with Crippen LogP contribution in [0, 0.1) is 7.14 Å². The highest BCUT2D eigenvalue weighted by atomic mass is 127. The summed E-state index contributed by atoms with van der Waals surface area (Å²) in [6.45, 7) is 0. The van der Waals surface area contributed by atoms with Gasteiger partial charge in [-0.05, 0) is 45.2 Å². The molecule has 1 aliphatic rings. The van der Waals surface area contributed by atoms with E-state index in [1.165, 1.54) is 0 Å². The molecule has 0 bridgehead atoms. The molecule has 20 heavy (non-hydrogen) atoms. The summed E-state index contributed by atoms with van der Waals surface area (Å²) in [5, 5.41) is 1.57. The second kappa shape index (κ2) is 4.83. The summed E-state index contributed by atoms with van der Waals surface area (Å²) >= 11 is 4.64. The summed E-state index contributed by atoms with van der Waals surface area (Å²) in [4.78, 5) is 23.1. The number of carbonyl (C=O) groups excluding carboxylic acids is 2. The highest BCUT2D eigenvalue weighted by Gasteiger charge is 3.01. The van der Waals surface area contributed by atoms with Gasteiger partial charge < -0.3 is 0 Å². The van der Waals surface area contributed by atoms with Crippen molar-refractivity contribution in [2.45, 2.75) is 23.9 Å². The molecule has 0 radical (unpaired) electrons. The molecule has 0 atom stereocenters. The van der Waals surface area contributed by atoms with Crippen molar-refractivity contribution in [3.63, 3.8) is 0 Å². The van der Waals surface area contributed by atoms with E-state index < -0.39 is 35.5 Å². The summed E-state index contributed by atoms with van der Waals surface area (Å²) in [6.07, 6.45) is -1.31. The van der Waals surface area contributed by atoms with Crippen LogP contribution in [0.3, 0.4) is 0 Å². The van der Waals surface area contributed by atoms with Gasteiger partial charge in [-0.1, -0.05) is 0 Å². The molecular weight excluding hydrogens is 533 g/mol. The standard InChI is InChI=1S/C10H3F5I2O2S/c11-8(9(12,13)10(8,14)15)5(19)1-4(18)7-6(17)3(16)2-20-7/h2H,1H2. The fraction of sp³-hybridized carbons (Fsp3) is 0.400. The number of thiophene rings is 1. The van der Waals surface area contributed by atoms with Crippen LogP contribution in [0.1, 0.15) is 16.1 Å². The Kier molecular flexibility index (Phi) is 3.99. The Labute approximate surface area is 140 Å². The first kappa shape index (κ1) is 16.5. The minimum absolute atomic E-state index is 0.0687. The SMILES string of the molecule is O=C(CC(=O)C1(F)C(F)(F)C1(F)F)c1scc(I)c1I. The van der Waals surface area contributed by atoms with Crippen LogP contribution in [0.25, 0.3) is 0 Å². The van der Waals surface area contributed by atoms with Crippen LogP contribution in [0.5, 0.6) is 0 Å². The van der Waals surface area contributed by atoms with Crippen molar-refractivity contribution in [3.05, 3.63) is 17.4 Å². The molecule has 0 amide bonds. The molecule has 1 saturated carbocycles. The third-order valence-corrected chi connectivity index (χ3v) is 7.66. The van der Waals surface area contributed by atoms with Gasteiger partial charge in [0.1, 0.15) is 0 Å². The van der Waals surface area contributed by atoms with E-state index in [-0.39, 0.29) is 4.88 Å². The number of hydrogen-bond donors (Lipinski definition) is 0. The third-order valence-electron chi connectivity index (χ3n) is 2.85. The first-order valence-electron chi connectivity index (χ1n) is 4.92. The Hall–Kier alpha value is 0.150. The van der Waals surface area contributed by atoms with Gasteiger partial charge in [0.25, 0.3) is 0 Å². The van der Waals surface area contributed by atoms with Gasteiger partial charge in [-0.15, -0.1) is 11.3 Å². The minimum atomic E-state index is -5.05. The molecule has 0 aromatic carbocycles. The smallest absolute Gasteiger partial charge is 0.295 e. The van der Waals surface area contributed by atoms with Crippen LogP contribution in [0.4, 0.5) is 22.0 Å². The second-order valence-electron chi connectivity index (χ2n) is 4.06. The van der Waals surface area contributed by atoms with Gasteiger partial charge >= 0.3 is 17.5 Å². The number of rotatable bonds is 4. The van der Waals surface area contributed by atoms with E-state index >= 15 is 0 Å². The summed E-state index contributed by atoms with van der Waals surface area (Å²) in [7, 11) is 0. The Morgan fingerprint density at radius 2 is 1.60 bits per heavy atom. The van der Waals surface area contributed by atoms with Crippen molar-refractivity contribution in [3.8, 4) is 0 Å². The van der Waals surface area contributed by atoms with Crippen LogP contribution in [0.2, 0.25) is 0 Å². The lowest BCUT2D eigenvalue weighted by Gasteiger charge is -2.03. The predicted molar refractivity (Wildman–Crippen MR) is 77.4 cm³/mol. The lowest BCUT2D eigenvalue weighted by molar-refractivity contribution is -0.129. The van der Waals surface area contributed by atoms with Crippen LogP contribution in [0.15, 0.2) is 5.38 Å². The van der Waals surface area contributed by atoms with E-state index in [4.69, 9.17) is 0 Å². The molecule has 1 fully saturated rings. The molecule has 0 unspecified atom stereocenters. The highest BCUT2D eigenvalue weighted by molar-refractivity contribution is 14.1. The number of hydrogen-bond acceptors (Lipinski definition) is 3. The zero-order valence-electron chi connectivity index (χ0n) is 9.15. The van der Waals surface area contributed by atoms with Gasteiger partial charge in [0.05, 0.1) is 11.3 Å². The zero-order chi connectivity index (χ0) is 15.5. The minimum Gasteiger partial charge on any atom is -0.295 e. The molecule has 0 aliphatic heterocycles. The van der Waals surface area contributed by atoms with Gasteiger partial charge in [0.2, 0.25) is 0 Å².